The fourth-order valence-corrected chi connectivity index (χ4v) is 1.37. The lowest BCUT2D eigenvalue weighted by molar-refractivity contribution is -0.141. The predicted octanol–water partition coefficient (Wildman–Crippen LogP) is 1.30. The van der Waals surface area contributed by atoms with Gasteiger partial charge in [0.15, 0.2) is 5.76 Å². The first kappa shape index (κ1) is 9.71. The number of nitrogens with one attached hydrogen (secondary N) is 1. The van der Waals surface area contributed by atoms with Gasteiger partial charge in [-0.3, -0.25) is 9.59 Å². The Bertz CT molecular complexity index is 497. The van der Waals surface area contributed by atoms with Crippen LogP contribution in [-0.2, 0) is 9.53 Å². The number of ether oxygens (including phenoxy) is 1. The maximum Gasteiger partial charge on any atom is 0.320 e. The van der Waals surface area contributed by atoms with Gasteiger partial charge in [0.1, 0.15) is 0 Å². The van der Waals surface area contributed by atoms with Gasteiger partial charge in [0.05, 0.1) is 11.1 Å². The summed E-state index contributed by atoms with van der Waals surface area (Å²) >= 11 is 0. The van der Waals surface area contributed by atoms with Crippen molar-refractivity contribution in [2.24, 2.45) is 5.41 Å². The molecule has 0 aromatic carbocycles. The van der Waals surface area contributed by atoms with Gasteiger partial charge in [-0.05, 0) is 26.0 Å². The van der Waals surface area contributed by atoms with Crippen molar-refractivity contribution in [1.82, 2.24) is 4.98 Å². The monoisotopic (exact) mass is 205 g/mol. The highest BCUT2D eigenvalue weighted by Crippen LogP contribution is 2.33. The number of rotatable bonds is 1. The molecule has 0 spiro atoms. The molecule has 4 heteroatoms. The highest BCUT2D eigenvalue weighted by molar-refractivity contribution is 5.89. The summed E-state index contributed by atoms with van der Waals surface area (Å²) in [5, 5.41) is 0. The maximum atomic E-state index is 11.4. The first-order chi connectivity index (χ1) is 6.99. The molecule has 0 radical (unpaired) electrons. The lowest BCUT2D eigenvalue weighted by Gasteiger charge is -2.07. The third-order valence-electron chi connectivity index (χ3n) is 2.25. The Labute approximate surface area is 86.6 Å². The van der Waals surface area contributed by atoms with Crippen LogP contribution in [0.4, 0.5) is 0 Å². The van der Waals surface area contributed by atoms with E-state index in [1.807, 2.05) is 0 Å². The summed E-state index contributed by atoms with van der Waals surface area (Å²) in [6.45, 7) is 3.53. The summed E-state index contributed by atoms with van der Waals surface area (Å²) in [5.41, 5.74) is -0.308. The Morgan fingerprint density at radius 2 is 2.00 bits per heavy atom. The van der Waals surface area contributed by atoms with Crippen LogP contribution in [-0.4, -0.2) is 11.0 Å². The van der Waals surface area contributed by atoms with Gasteiger partial charge in [-0.25, -0.2) is 0 Å². The highest BCUT2D eigenvalue weighted by Gasteiger charge is 2.35. The summed E-state index contributed by atoms with van der Waals surface area (Å²) < 4.78 is 5.07. The summed E-state index contributed by atoms with van der Waals surface area (Å²) in [7, 11) is 0. The van der Waals surface area contributed by atoms with Crippen LogP contribution >= 0.6 is 0 Å². The van der Waals surface area contributed by atoms with Crippen molar-refractivity contribution in [3.05, 3.63) is 40.3 Å². The third kappa shape index (κ3) is 1.70. The summed E-state index contributed by atoms with van der Waals surface area (Å²) in [6.07, 6.45) is 1.71. The summed E-state index contributed by atoms with van der Waals surface area (Å²) in [5.74, 6) is 0.116. The second-order valence-corrected chi connectivity index (χ2v) is 4.05. The average molecular weight is 205 g/mol. The summed E-state index contributed by atoms with van der Waals surface area (Å²) in [4.78, 5) is 25.1. The van der Waals surface area contributed by atoms with Crippen molar-refractivity contribution in [2.75, 3.05) is 0 Å². The second kappa shape index (κ2) is 3.08. The van der Waals surface area contributed by atoms with Crippen LogP contribution in [0.5, 0.6) is 0 Å². The molecule has 1 N–H and O–H groups in total. The topological polar surface area (TPSA) is 59.2 Å². The number of hydrogen-bond acceptors (Lipinski definition) is 3. The van der Waals surface area contributed by atoms with Crippen molar-refractivity contribution in [2.45, 2.75) is 13.8 Å². The Morgan fingerprint density at radius 3 is 2.53 bits per heavy atom. The first-order valence-corrected chi connectivity index (χ1v) is 4.64. The number of carbonyl (C=O) groups excluding carboxylic acids is 1. The van der Waals surface area contributed by atoms with Gasteiger partial charge >= 0.3 is 5.97 Å². The van der Waals surface area contributed by atoms with Gasteiger partial charge in [0.25, 0.3) is 0 Å². The molecule has 4 nitrogen and oxygen atoms in total. The Hall–Kier alpha value is -1.84. The molecule has 0 saturated heterocycles. The largest absolute Gasteiger partial charge is 0.424 e. The van der Waals surface area contributed by atoms with Gasteiger partial charge in [-0.15, -0.1) is 0 Å². The minimum atomic E-state index is -0.623. The number of carbonyl (C=O) groups is 1. The zero-order valence-electron chi connectivity index (χ0n) is 8.53. The van der Waals surface area contributed by atoms with Crippen molar-refractivity contribution in [3.8, 4) is 0 Å². The molecule has 0 amide bonds. The molecule has 2 rings (SSSR count). The molecular formula is C11H11NO3. The van der Waals surface area contributed by atoms with Crippen LogP contribution in [0.3, 0.4) is 0 Å². The van der Waals surface area contributed by atoms with Crippen LogP contribution in [0.2, 0.25) is 0 Å². The molecule has 0 atom stereocenters. The minimum absolute atomic E-state index is 0.214. The number of esters is 1. The predicted molar refractivity (Wildman–Crippen MR) is 54.9 cm³/mol. The van der Waals surface area contributed by atoms with Crippen LogP contribution in [0.25, 0.3) is 5.76 Å². The first-order valence-electron chi connectivity index (χ1n) is 4.64. The molecule has 0 unspecified atom stereocenters. The SMILES string of the molecule is CC1(C)C=C(c2cccc(=O)[nH]2)OC1=O. The van der Waals surface area contributed by atoms with E-state index in [9.17, 15) is 9.59 Å². The van der Waals surface area contributed by atoms with Gasteiger partial charge in [-0.2, -0.15) is 0 Å². The van der Waals surface area contributed by atoms with Crippen molar-refractivity contribution in [3.63, 3.8) is 0 Å². The Morgan fingerprint density at radius 1 is 1.27 bits per heavy atom. The van der Waals surface area contributed by atoms with Gasteiger partial charge in [0.2, 0.25) is 5.56 Å². The van der Waals surface area contributed by atoms with E-state index in [0.717, 1.165) is 0 Å². The van der Waals surface area contributed by atoms with Gasteiger partial charge in [-0.1, -0.05) is 6.07 Å². The standard InChI is InChI=1S/C11H11NO3/c1-11(2)6-8(15-10(11)14)7-4-3-5-9(13)12-7/h3-6H,1-2H3,(H,12,13). The van der Waals surface area contributed by atoms with E-state index < -0.39 is 5.41 Å². The Balaban J connectivity index is 2.43. The molecule has 1 aliphatic heterocycles. The van der Waals surface area contributed by atoms with E-state index in [-0.39, 0.29) is 11.5 Å². The van der Waals surface area contributed by atoms with E-state index in [1.165, 1.54) is 6.07 Å². The number of hydrogen-bond donors (Lipinski definition) is 1. The fraction of sp³-hybridized carbons (Fsp3) is 0.273. The molecule has 1 aromatic rings. The molecule has 0 bridgehead atoms. The highest BCUT2D eigenvalue weighted by atomic mass is 16.5. The quantitative estimate of drug-likeness (QED) is 0.703. The molecule has 0 saturated carbocycles. The second-order valence-electron chi connectivity index (χ2n) is 4.05. The zero-order valence-corrected chi connectivity index (χ0v) is 8.53. The molecule has 15 heavy (non-hydrogen) atoms. The van der Waals surface area contributed by atoms with E-state index in [4.69, 9.17) is 4.74 Å². The van der Waals surface area contributed by atoms with E-state index in [0.29, 0.717) is 11.5 Å². The molecular weight excluding hydrogens is 194 g/mol. The summed E-state index contributed by atoms with van der Waals surface area (Å²) in [6, 6.07) is 4.72. The van der Waals surface area contributed by atoms with Gasteiger partial charge in [0, 0.05) is 6.07 Å². The normalized spacial score (nSPS) is 18.5. The van der Waals surface area contributed by atoms with Crippen LogP contribution < -0.4 is 5.56 Å². The van der Waals surface area contributed by atoms with Crippen molar-refractivity contribution >= 4 is 11.7 Å². The lowest BCUT2D eigenvalue weighted by atomic mass is 9.95. The molecule has 1 aliphatic rings. The third-order valence-corrected chi connectivity index (χ3v) is 2.25. The number of aromatic nitrogens is 1. The Kier molecular flexibility index (Phi) is 2.00. The van der Waals surface area contributed by atoms with Crippen molar-refractivity contribution < 1.29 is 9.53 Å². The fourth-order valence-electron chi connectivity index (χ4n) is 1.37. The zero-order chi connectivity index (χ0) is 11.1. The van der Waals surface area contributed by atoms with Gasteiger partial charge < -0.3 is 9.72 Å². The number of cyclic esters (lactones) is 1. The van der Waals surface area contributed by atoms with E-state index in [1.54, 1.807) is 32.1 Å². The average Bonchev–Trinajstić information content (AvgIpc) is 2.42. The molecule has 0 aliphatic carbocycles. The number of H-pyrrole nitrogens is 1. The van der Waals surface area contributed by atoms with Crippen LogP contribution in [0.1, 0.15) is 19.5 Å². The lowest BCUT2D eigenvalue weighted by Crippen LogP contribution is -2.17. The number of pyridine rings is 1. The maximum absolute atomic E-state index is 11.4. The van der Waals surface area contributed by atoms with Crippen molar-refractivity contribution in [1.29, 1.82) is 0 Å². The minimum Gasteiger partial charge on any atom is -0.424 e. The molecule has 78 valence electrons. The number of aromatic amines is 1. The molecule has 2 heterocycles. The van der Waals surface area contributed by atoms with Crippen LogP contribution in [0.15, 0.2) is 29.1 Å². The molecule has 1 aromatic heterocycles. The van der Waals surface area contributed by atoms with E-state index in [2.05, 4.69) is 4.98 Å². The smallest absolute Gasteiger partial charge is 0.320 e. The van der Waals surface area contributed by atoms with E-state index >= 15 is 0 Å². The van der Waals surface area contributed by atoms with Crippen LogP contribution in [0, 0.1) is 5.41 Å². The molecule has 0 fully saturated rings.